The molecule has 5 rings (SSSR count). The van der Waals surface area contributed by atoms with Gasteiger partial charge in [-0.1, -0.05) is 42.0 Å². The van der Waals surface area contributed by atoms with Crippen molar-refractivity contribution in [2.75, 3.05) is 24.0 Å². The lowest BCUT2D eigenvalue weighted by Gasteiger charge is -2.22. The second kappa shape index (κ2) is 9.57. The maximum atomic E-state index is 13.0. The predicted octanol–water partition coefficient (Wildman–Crippen LogP) is 4.58. The molecule has 0 radical (unpaired) electrons. The van der Waals surface area contributed by atoms with E-state index in [0.717, 1.165) is 19.4 Å². The van der Waals surface area contributed by atoms with Crippen molar-refractivity contribution in [3.8, 4) is 11.5 Å². The maximum absolute atomic E-state index is 13.0. The molecule has 1 aliphatic carbocycles. The maximum Gasteiger partial charge on any atom is 0.257 e. The van der Waals surface area contributed by atoms with E-state index in [4.69, 9.17) is 9.47 Å². The zero-order chi connectivity index (χ0) is 23.5. The molecular formula is C27H27N3O4. The molecule has 1 heterocycles. The van der Waals surface area contributed by atoms with Gasteiger partial charge in [-0.05, 0) is 49.6 Å². The zero-order valence-corrected chi connectivity index (χ0v) is 19.0. The highest BCUT2D eigenvalue weighted by molar-refractivity contribution is 6.10. The third-order valence-electron chi connectivity index (χ3n) is 5.99. The minimum atomic E-state index is -0.312. The lowest BCUT2D eigenvalue weighted by Crippen LogP contribution is -2.34. The third-order valence-corrected chi connectivity index (χ3v) is 5.99. The molecule has 3 aromatic carbocycles. The highest BCUT2D eigenvalue weighted by Gasteiger charge is 2.30. The quantitative estimate of drug-likeness (QED) is 0.518. The average molecular weight is 458 g/mol. The number of anilines is 2. The summed E-state index contributed by atoms with van der Waals surface area (Å²) in [6.45, 7) is 3.24. The SMILES string of the molecule is Cc1ccc(CN(CC(=O)Nc2ccccc2C(=O)Nc2ccc3c(c2)OCO3)C2CC2)cc1. The predicted molar refractivity (Wildman–Crippen MR) is 130 cm³/mol. The topological polar surface area (TPSA) is 79.9 Å². The van der Waals surface area contributed by atoms with Crippen molar-refractivity contribution >= 4 is 23.2 Å². The van der Waals surface area contributed by atoms with E-state index in [-0.39, 0.29) is 25.2 Å². The normalized spacial score (nSPS) is 14.2. The van der Waals surface area contributed by atoms with Crippen molar-refractivity contribution in [2.24, 2.45) is 0 Å². The minimum Gasteiger partial charge on any atom is -0.454 e. The Morgan fingerprint density at radius 3 is 2.50 bits per heavy atom. The summed E-state index contributed by atoms with van der Waals surface area (Å²) in [6.07, 6.45) is 2.21. The summed E-state index contributed by atoms with van der Waals surface area (Å²) in [5, 5.41) is 5.81. The van der Waals surface area contributed by atoms with E-state index in [2.05, 4.69) is 46.7 Å². The first-order chi connectivity index (χ1) is 16.5. The molecule has 1 fully saturated rings. The van der Waals surface area contributed by atoms with Crippen molar-refractivity contribution < 1.29 is 19.1 Å². The van der Waals surface area contributed by atoms with E-state index >= 15 is 0 Å². The molecule has 7 heteroatoms. The molecule has 3 aromatic rings. The third kappa shape index (κ3) is 5.21. The number of nitrogens with one attached hydrogen (secondary N) is 2. The van der Waals surface area contributed by atoms with E-state index in [9.17, 15) is 9.59 Å². The molecule has 7 nitrogen and oxygen atoms in total. The summed E-state index contributed by atoms with van der Waals surface area (Å²) < 4.78 is 10.7. The number of fused-ring (bicyclic) bond motifs is 1. The van der Waals surface area contributed by atoms with Gasteiger partial charge >= 0.3 is 0 Å². The first kappa shape index (κ1) is 22.0. The van der Waals surface area contributed by atoms with Crippen LogP contribution in [0, 0.1) is 6.92 Å². The Hall–Kier alpha value is -3.84. The highest BCUT2D eigenvalue weighted by Crippen LogP contribution is 2.34. The zero-order valence-electron chi connectivity index (χ0n) is 19.0. The lowest BCUT2D eigenvalue weighted by molar-refractivity contribution is -0.117. The number of ether oxygens (including phenoxy) is 2. The molecule has 0 unspecified atom stereocenters. The molecule has 2 aliphatic rings. The molecule has 1 aliphatic heterocycles. The largest absolute Gasteiger partial charge is 0.454 e. The Kier molecular flexibility index (Phi) is 6.18. The van der Waals surface area contributed by atoms with Crippen molar-refractivity contribution in [1.82, 2.24) is 4.90 Å². The Balaban J connectivity index is 1.25. The number of carbonyl (C=O) groups is 2. The van der Waals surface area contributed by atoms with E-state index < -0.39 is 0 Å². The van der Waals surface area contributed by atoms with Crippen molar-refractivity contribution in [1.29, 1.82) is 0 Å². The van der Waals surface area contributed by atoms with Crippen LogP contribution in [0.15, 0.2) is 66.7 Å². The Morgan fingerprint density at radius 2 is 1.71 bits per heavy atom. The summed E-state index contributed by atoms with van der Waals surface area (Å²) in [5.41, 5.74) is 3.87. The van der Waals surface area contributed by atoms with Crippen LogP contribution in [0.5, 0.6) is 11.5 Å². The fraction of sp³-hybridized carbons (Fsp3) is 0.259. The van der Waals surface area contributed by atoms with Gasteiger partial charge in [-0.2, -0.15) is 0 Å². The van der Waals surface area contributed by atoms with Gasteiger partial charge in [0.25, 0.3) is 5.91 Å². The van der Waals surface area contributed by atoms with Gasteiger partial charge in [0.05, 0.1) is 17.8 Å². The van der Waals surface area contributed by atoms with Gasteiger partial charge in [0.2, 0.25) is 12.7 Å². The fourth-order valence-electron chi connectivity index (χ4n) is 4.02. The van der Waals surface area contributed by atoms with Gasteiger partial charge in [0, 0.05) is 24.3 Å². The average Bonchev–Trinajstić information content (AvgIpc) is 3.58. The summed E-state index contributed by atoms with van der Waals surface area (Å²) in [6, 6.07) is 21.1. The molecule has 34 heavy (non-hydrogen) atoms. The molecule has 0 bridgehead atoms. The van der Waals surface area contributed by atoms with Gasteiger partial charge < -0.3 is 20.1 Å². The van der Waals surface area contributed by atoms with Crippen LogP contribution in [-0.4, -0.2) is 36.1 Å². The molecule has 2 amide bonds. The summed E-state index contributed by atoms with van der Waals surface area (Å²) in [5.74, 6) is 0.792. The van der Waals surface area contributed by atoms with E-state index in [1.165, 1.54) is 11.1 Å². The lowest BCUT2D eigenvalue weighted by atomic mass is 10.1. The number of benzene rings is 3. The number of hydrogen-bond acceptors (Lipinski definition) is 5. The van der Waals surface area contributed by atoms with Crippen LogP contribution in [0.2, 0.25) is 0 Å². The van der Waals surface area contributed by atoms with Gasteiger partial charge in [-0.15, -0.1) is 0 Å². The fourth-order valence-corrected chi connectivity index (χ4v) is 4.02. The molecule has 1 saturated carbocycles. The number of nitrogens with zero attached hydrogens (tertiary/aromatic N) is 1. The van der Waals surface area contributed by atoms with Crippen LogP contribution in [0.3, 0.4) is 0 Å². The van der Waals surface area contributed by atoms with Crippen LogP contribution >= 0.6 is 0 Å². The number of amides is 2. The van der Waals surface area contributed by atoms with Crippen LogP contribution in [-0.2, 0) is 11.3 Å². The van der Waals surface area contributed by atoms with E-state index in [0.29, 0.717) is 34.5 Å². The van der Waals surface area contributed by atoms with Gasteiger partial charge in [0.15, 0.2) is 11.5 Å². The Bertz CT molecular complexity index is 1200. The smallest absolute Gasteiger partial charge is 0.257 e. The molecule has 0 saturated heterocycles. The molecule has 0 atom stereocenters. The summed E-state index contributed by atoms with van der Waals surface area (Å²) >= 11 is 0. The van der Waals surface area contributed by atoms with Crippen LogP contribution in [0.25, 0.3) is 0 Å². The first-order valence-electron chi connectivity index (χ1n) is 11.4. The first-order valence-corrected chi connectivity index (χ1v) is 11.4. The Labute approximate surface area is 198 Å². The number of hydrogen-bond donors (Lipinski definition) is 2. The number of carbonyl (C=O) groups excluding carboxylic acids is 2. The molecule has 174 valence electrons. The molecule has 0 spiro atoms. The number of aryl methyl sites for hydroxylation is 1. The van der Waals surface area contributed by atoms with Crippen LogP contribution < -0.4 is 20.1 Å². The van der Waals surface area contributed by atoms with Crippen molar-refractivity contribution in [3.63, 3.8) is 0 Å². The van der Waals surface area contributed by atoms with Gasteiger partial charge in [0.1, 0.15) is 0 Å². The molecular weight excluding hydrogens is 430 g/mol. The van der Waals surface area contributed by atoms with Gasteiger partial charge in [-0.3, -0.25) is 14.5 Å². The van der Waals surface area contributed by atoms with Gasteiger partial charge in [-0.25, -0.2) is 0 Å². The van der Waals surface area contributed by atoms with Crippen molar-refractivity contribution in [2.45, 2.75) is 32.4 Å². The second-order valence-electron chi connectivity index (χ2n) is 8.74. The standard InChI is InChI=1S/C27H27N3O4/c1-18-6-8-19(9-7-18)15-30(21-11-12-21)16-26(31)29-23-5-3-2-4-22(23)27(32)28-20-10-13-24-25(14-20)34-17-33-24/h2-10,13-14,21H,11-12,15-17H2,1H3,(H,28,32)(H,29,31). The monoisotopic (exact) mass is 457 g/mol. The highest BCUT2D eigenvalue weighted by atomic mass is 16.7. The van der Waals surface area contributed by atoms with E-state index in [1.54, 1.807) is 42.5 Å². The van der Waals surface area contributed by atoms with E-state index in [1.807, 2.05) is 0 Å². The van der Waals surface area contributed by atoms with Crippen LogP contribution in [0.4, 0.5) is 11.4 Å². The molecule has 0 aromatic heterocycles. The number of rotatable bonds is 8. The summed E-state index contributed by atoms with van der Waals surface area (Å²) in [7, 11) is 0. The van der Waals surface area contributed by atoms with Crippen LogP contribution in [0.1, 0.15) is 34.3 Å². The van der Waals surface area contributed by atoms with Crippen molar-refractivity contribution in [3.05, 3.63) is 83.4 Å². The molecule has 2 N–H and O–H groups in total. The number of para-hydroxylation sites is 1. The summed E-state index contributed by atoms with van der Waals surface area (Å²) in [4.78, 5) is 28.1. The second-order valence-corrected chi connectivity index (χ2v) is 8.74. The minimum absolute atomic E-state index is 0.137. The Morgan fingerprint density at radius 1 is 0.941 bits per heavy atom.